The molecule has 1 heterocycles. The molecule has 3 N–H and O–H groups in total. The van der Waals surface area contributed by atoms with E-state index in [1.165, 1.54) is 6.07 Å². The summed E-state index contributed by atoms with van der Waals surface area (Å²) in [6, 6.07) is 3.07. The Kier molecular flexibility index (Phi) is 9.00. The first-order chi connectivity index (χ1) is 15.3. The fraction of sp³-hybridized carbons (Fsp3) is 0.261. The number of aromatic hydroxyl groups is 1. The minimum absolute atomic E-state index is 0.214. The van der Waals surface area contributed by atoms with E-state index >= 15 is 0 Å². The van der Waals surface area contributed by atoms with Gasteiger partial charge in [0.2, 0.25) is 5.75 Å². The van der Waals surface area contributed by atoms with Crippen LogP contribution in [0.4, 0.5) is 13.2 Å². The molecule has 9 heteroatoms. The summed E-state index contributed by atoms with van der Waals surface area (Å²) in [5.74, 6) is -2.74. The summed E-state index contributed by atoms with van der Waals surface area (Å²) >= 11 is 0. The average molecular weight is 447 g/mol. The number of aromatic amines is 1. The zero-order valence-corrected chi connectivity index (χ0v) is 17.4. The third-order valence-corrected chi connectivity index (χ3v) is 4.67. The van der Waals surface area contributed by atoms with Crippen LogP contribution in [0.25, 0.3) is 0 Å². The lowest BCUT2D eigenvalue weighted by Crippen LogP contribution is -2.27. The van der Waals surface area contributed by atoms with E-state index in [1.807, 2.05) is 19.1 Å². The molecule has 0 bridgehead atoms. The van der Waals surface area contributed by atoms with Crippen LogP contribution in [-0.4, -0.2) is 21.0 Å². The van der Waals surface area contributed by atoms with E-state index in [4.69, 9.17) is 0 Å². The Hall–Kier alpha value is -3.62. The molecule has 32 heavy (non-hydrogen) atoms. The minimum atomic E-state index is -3.00. The SMILES string of the molecule is C=C/C=C\C=C/CC(CC)c1nc(C(=O)NCc2ccc(F)c(C(F)F)c2)c(O)c(=O)[nH]1. The van der Waals surface area contributed by atoms with Gasteiger partial charge in [-0.2, -0.15) is 0 Å². The van der Waals surface area contributed by atoms with Gasteiger partial charge in [-0.25, -0.2) is 18.2 Å². The smallest absolute Gasteiger partial charge is 0.293 e. The molecule has 0 saturated heterocycles. The molecule has 0 aliphatic rings. The van der Waals surface area contributed by atoms with Crippen LogP contribution < -0.4 is 10.9 Å². The number of nitrogens with one attached hydrogen (secondary N) is 2. The fourth-order valence-electron chi connectivity index (χ4n) is 2.91. The first-order valence-electron chi connectivity index (χ1n) is 9.90. The molecule has 1 unspecified atom stereocenters. The lowest BCUT2D eigenvalue weighted by molar-refractivity contribution is 0.0942. The van der Waals surface area contributed by atoms with Gasteiger partial charge in [0, 0.05) is 12.5 Å². The standard InChI is InChI=1S/C23H24F3N3O3/c1-3-5-6-7-8-9-15(4-2)21-28-18(19(30)23(32)29-21)22(31)27-13-14-10-11-17(24)16(12-14)20(25)26/h3,5-8,10-12,15,20,30H,1,4,9,13H2,2H3,(H,27,31)(H,28,29,32)/b6-5-,8-7-. The van der Waals surface area contributed by atoms with Gasteiger partial charge in [-0.05, 0) is 30.5 Å². The number of benzene rings is 1. The highest BCUT2D eigenvalue weighted by Gasteiger charge is 2.21. The summed E-state index contributed by atoms with van der Waals surface area (Å²) < 4.78 is 39.1. The Morgan fingerprint density at radius 2 is 2.06 bits per heavy atom. The fourth-order valence-corrected chi connectivity index (χ4v) is 2.91. The number of amides is 1. The largest absolute Gasteiger partial charge is 0.501 e. The van der Waals surface area contributed by atoms with E-state index in [9.17, 15) is 27.9 Å². The quantitative estimate of drug-likeness (QED) is 0.462. The molecule has 0 spiro atoms. The molecule has 1 amide bonds. The summed E-state index contributed by atoms with van der Waals surface area (Å²) in [6.07, 6.45) is 6.99. The maximum Gasteiger partial charge on any atom is 0.293 e. The number of carbonyl (C=O) groups is 1. The van der Waals surface area contributed by atoms with E-state index in [-0.39, 0.29) is 23.9 Å². The van der Waals surface area contributed by atoms with Crippen molar-refractivity contribution < 1.29 is 23.1 Å². The number of carbonyl (C=O) groups excluding carboxylic acids is 1. The number of hydrogen-bond donors (Lipinski definition) is 3. The second-order valence-electron chi connectivity index (χ2n) is 6.88. The number of hydrogen-bond acceptors (Lipinski definition) is 4. The molecule has 0 fully saturated rings. The number of H-pyrrole nitrogens is 1. The summed E-state index contributed by atoms with van der Waals surface area (Å²) in [6.45, 7) is 5.23. The highest BCUT2D eigenvalue weighted by Crippen LogP contribution is 2.24. The maximum atomic E-state index is 13.4. The van der Waals surface area contributed by atoms with Crippen molar-refractivity contribution in [3.8, 4) is 5.75 Å². The molecule has 2 rings (SSSR count). The first-order valence-corrected chi connectivity index (χ1v) is 9.90. The number of rotatable bonds is 10. The average Bonchev–Trinajstić information content (AvgIpc) is 2.77. The van der Waals surface area contributed by atoms with Gasteiger partial charge in [-0.1, -0.05) is 49.9 Å². The second kappa shape index (κ2) is 11.7. The molecule has 0 aliphatic heterocycles. The Labute approximate surface area is 183 Å². The van der Waals surface area contributed by atoms with Crippen molar-refractivity contribution >= 4 is 5.91 Å². The van der Waals surface area contributed by atoms with Crippen LogP contribution >= 0.6 is 0 Å². The van der Waals surface area contributed by atoms with Crippen molar-refractivity contribution in [2.45, 2.75) is 38.7 Å². The third kappa shape index (κ3) is 6.44. The van der Waals surface area contributed by atoms with Gasteiger partial charge in [-0.15, -0.1) is 0 Å². The topological polar surface area (TPSA) is 95.1 Å². The van der Waals surface area contributed by atoms with E-state index in [2.05, 4.69) is 21.9 Å². The number of aromatic nitrogens is 2. The van der Waals surface area contributed by atoms with E-state index in [0.717, 1.165) is 12.1 Å². The van der Waals surface area contributed by atoms with Gasteiger partial charge in [0.05, 0.1) is 5.56 Å². The van der Waals surface area contributed by atoms with E-state index in [1.54, 1.807) is 18.2 Å². The van der Waals surface area contributed by atoms with Crippen LogP contribution in [0, 0.1) is 5.82 Å². The normalized spacial score (nSPS) is 12.5. The first kappa shape index (κ1) is 24.6. The molecule has 1 aromatic heterocycles. The summed E-state index contributed by atoms with van der Waals surface area (Å²) in [7, 11) is 0. The van der Waals surface area contributed by atoms with Gasteiger partial charge in [-0.3, -0.25) is 9.59 Å². The van der Waals surface area contributed by atoms with Crippen LogP contribution in [0.1, 0.15) is 59.5 Å². The molecule has 1 atom stereocenters. The summed E-state index contributed by atoms with van der Waals surface area (Å²) in [4.78, 5) is 31.3. The molecular formula is C23H24F3N3O3. The molecular weight excluding hydrogens is 423 g/mol. The summed E-state index contributed by atoms with van der Waals surface area (Å²) in [5, 5.41) is 12.4. The predicted octanol–water partition coefficient (Wildman–Crippen LogP) is 4.66. The minimum Gasteiger partial charge on any atom is -0.501 e. The van der Waals surface area contributed by atoms with Gasteiger partial charge in [0.15, 0.2) is 5.69 Å². The second-order valence-corrected chi connectivity index (χ2v) is 6.88. The zero-order chi connectivity index (χ0) is 23.7. The van der Waals surface area contributed by atoms with E-state index < -0.39 is 40.7 Å². The maximum absolute atomic E-state index is 13.4. The number of allylic oxidation sites excluding steroid dienone is 5. The van der Waals surface area contributed by atoms with Crippen molar-refractivity contribution in [2.75, 3.05) is 0 Å². The predicted molar refractivity (Wildman–Crippen MR) is 115 cm³/mol. The van der Waals surface area contributed by atoms with Crippen molar-refractivity contribution in [1.82, 2.24) is 15.3 Å². The Morgan fingerprint density at radius 3 is 2.72 bits per heavy atom. The summed E-state index contributed by atoms with van der Waals surface area (Å²) in [5.41, 5.74) is -1.90. The van der Waals surface area contributed by atoms with Crippen LogP contribution in [0.2, 0.25) is 0 Å². The monoisotopic (exact) mass is 447 g/mol. The zero-order valence-electron chi connectivity index (χ0n) is 17.4. The van der Waals surface area contributed by atoms with Crippen molar-refractivity contribution in [3.63, 3.8) is 0 Å². The lowest BCUT2D eigenvalue weighted by atomic mass is 10.0. The van der Waals surface area contributed by atoms with Crippen LogP contribution in [0.3, 0.4) is 0 Å². The van der Waals surface area contributed by atoms with E-state index in [0.29, 0.717) is 12.8 Å². The van der Waals surface area contributed by atoms with Gasteiger partial charge in [0.1, 0.15) is 11.6 Å². The van der Waals surface area contributed by atoms with Crippen LogP contribution in [0.5, 0.6) is 5.75 Å². The van der Waals surface area contributed by atoms with Crippen molar-refractivity contribution in [3.05, 3.63) is 94.0 Å². The molecule has 0 aliphatic carbocycles. The lowest BCUT2D eigenvalue weighted by Gasteiger charge is -2.14. The Bertz CT molecular complexity index is 1080. The number of nitrogens with zero attached hydrogens (tertiary/aromatic N) is 1. The van der Waals surface area contributed by atoms with Gasteiger partial charge in [0.25, 0.3) is 17.9 Å². The molecule has 6 nitrogen and oxygen atoms in total. The third-order valence-electron chi connectivity index (χ3n) is 4.67. The number of alkyl halides is 2. The molecule has 170 valence electrons. The molecule has 0 saturated carbocycles. The van der Waals surface area contributed by atoms with Crippen LogP contribution in [0.15, 0.2) is 60.0 Å². The van der Waals surface area contributed by atoms with Crippen LogP contribution in [-0.2, 0) is 6.54 Å². The van der Waals surface area contributed by atoms with Crippen molar-refractivity contribution in [1.29, 1.82) is 0 Å². The van der Waals surface area contributed by atoms with Crippen molar-refractivity contribution in [2.24, 2.45) is 0 Å². The Morgan fingerprint density at radius 1 is 1.31 bits per heavy atom. The Balaban J connectivity index is 2.21. The van der Waals surface area contributed by atoms with Gasteiger partial charge < -0.3 is 15.4 Å². The molecule has 0 radical (unpaired) electrons. The number of halogens is 3. The molecule has 2 aromatic rings. The highest BCUT2D eigenvalue weighted by atomic mass is 19.3. The molecule has 1 aromatic carbocycles. The highest BCUT2D eigenvalue weighted by molar-refractivity contribution is 5.94. The van der Waals surface area contributed by atoms with Gasteiger partial charge >= 0.3 is 0 Å².